The second kappa shape index (κ2) is 6.83. The number of aliphatic imine (C=N–C) groups is 1. The van der Waals surface area contributed by atoms with Gasteiger partial charge in [0.05, 0.1) is 18.8 Å². The van der Waals surface area contributed by atoms with E-state index < -0.39 is 0 Å². The van der Waals surface area contributed by atoms with Crippen LogP contribution in [0.4, 0.5) is 0 Å². The predicted octanol–water partition coefficient (Wildman–Crippen LogP) is 3.37. The maximum atomic E-state index is 5.79. The summed E-state index contributed by atoms with van der Waals surface area (Å²) in [5.74, 6) is 1.62. The molecule has 3 rings (SSSR count). The molecule has 5 nitrogen and oxygen atoms in total. The van der Waals surface area contributed by atoms with Crippen LogP contribution in [0.25, 0.3) is 11.0 Å². The number of aromatic nitrogens is 1. The maximum Gasteiger partial charge on any atom is 0.191 e. The number of nitrogens with one attached hydrogen (secondary N) is 2. The molecule has 6 heteroatoms. The first-order valence-electron chi connectivity index (χ1n) is 7.50. The molecule has 2 heterocycles. The lowest BCUT2D eigenvalue weighted by Gasteiger charge is -2.09. The number of rotatable bonds is 4. The minimum absolute atomic E-state index is 0.588. The summed E-state index contributed by atoms with van der Waals surface area (Å²) in [5.41, 5.74) is 2.00. The number of hydrogen-bond acceptors (Lipinski definition) is 4. The molecule has 2 aromatic heterocycles. The van der Waals surface area contributed by atoms with Gasteiger partial charge in [-0.3, -0.25) is 4.99 Å². The van der Waals surface area contributed by atoms with Gasteiger partial charge in [0.2, 0.25) is 0 Å². The third-order valence-corrected chi connectivity index (χ3v) is 4.68. The molecule has 0 aliphatic carbocycles. The third-order valence-electron chi connectivity index (χ3n) is 3.61. The molecular formula is C17H20N4OS. The number of para-hydroxylation sites is 1. The first-order valence-corrected chi connectivity index (χ1v) is 8.32. The molecule has 0 saturated carbocycles. The minimum Gasteiger partial charge on any atom is -0.459 e. The smallest absolute Gasteiger partial charge is 0.191 e. The number of aryl methyl sites for hydroxylation is 2. The molecule has 0 bridgehead atoms. The Balaban J connectivity index is 1.57. The van der Waals surface area contributed by atoms with Crippen LogP contribution < -0.4 is 10.6 Å². The van der Waals surface area contributed by atoms with Crippen LogP contribution in [0.2, 0.25) is 0 Å². The number of furan rings is 1. The SMILES string of the molecule is CN=C(NCc1cc2ccccc2o1)NCc1nc(C)c(C)s1. The molecule has 0 aliphatic rings. The lowest BCUT2D eigenvalue weighted by Crippen LogP contribution is -2.36. The molecule has 2 N–H and O–H groups in total. The van der Waals surface area contributed by atoms with E-state index in [1.54, 1.807) is 18.4 Å². The van der Waals surface area contributed by atoms with Gasteiger partial charge in [-0.2, -0.15) is 0 Å². The second-order valence-corrected chi connectivity index (χ2v) is 6.57. The van der Waals surface area contributed by atoms with Crippen LogP contribution in [0.15, 0.2) is 39.7 Å². The highest BCUT2D eigenvalue weighted by Crippen LogP contribution is 2.18. The van der Waals surface area contributed by atoms with Crippen molar-refractivity contribution in [3.8, 4) is 0 Å². The minimum atomic E-state index is 0.588. The van der Waals surface area contributed by atoms with Crippen LogP contribution in [0, 0.1) is 13.8 Å². The number of fused-ring (bicyclic) bond motifs is 1. The summed E-state index contributed by atoms with van der Waals surface area (Å²) in [6, 6.07) is 10.0. The molecule has 0 unspecified atom stereocenters. The summed E-state index contributed by atoms with van der Waals surface area (Å²) in [4.78, 5) is 10.0. The first kappa shape index (κ1) is 15.6. The van der Waals surface area contributed by atoms with E-state index in [1.807, 2.05) is 37.3 Å². The van der Waals surface area contributed by atoms with Gasteiger partial charge in [0, 0.05) is 17.3 Å². The normalized spacial score (nSPS) is 11.9. The summed E-state index contributed by atoms with van der Waals surface area (Å²) in [6.45, 7) is 5.37. The predicted molar refractivity (Wildman–Crippen MR) is 94.8 cm³/mol. The highest BCUT2D eigenvalue weighted by molar-refractivity contribution is 7.11. The topological polar surface area (TPSA) is 62.5 Å². The molecule has 0 aliphatic heterocycles. The van der Waals surface area contributed by atoms with Gasteiger partial charge in [-0.25, -0.2) is 4.98 Å². The summed E-state index contributed by atoms with van der Waals surface area (Å²) >= 11 is 1.71. The molecule has 0 saturated heterocycles. The molecule has 0 amide bonds. The van der Waals surface area contributed by atoms with Gasteiger partial charge in [0.15, 0.2) is 5.96 Å². The highest BCUT2D eigenvalue weighted by atomic mass is 32.1. The number of thiazole rings is 1. The molecule has 23 heavy (non-hydrogen) atoms. The standard InChI is InChI=1S/C17H20N4OS/c1-11-12(2)23-16(21-11)10-20-17(18-3)19-9-14-8-13-6-4-5-7-15(13)22-14/h4-8H,9-10H2,1-3H3,(H2,18,19,20). The molecule has 0 radical (unpaired) electrons. The van der Waals surface area contributed by atoms with Crippen LogP contribution in [0.5, 0.6) is 0 Å². The van der Waals surface area contributed by atoms with Crippen molar-refractivity contribution in [2.24, 2.45) is 4.99 Å². The summed E-state index contributed by atoms with van der Waals surface area (Å²) in [5, 5.41) is 8.71. The Bertz CT molecular complexity index is 782. The van der Waals surface area contributed by atoms with Crippen molar-refractivity contribution in [2.45, 2.75) is 26.9 Å². The Hall–Kier alpha value is -2.34. The van der Waals surface area contributed by atoms with E-state index in [-0.39, 0.29) is 0 Å². The van der Waals surface area contributed by atoms with Crippen molar-refractivity contribution >= 4 is 28.3 Å². The van der Waals surface area contributed by atoms with Gasteiger partial charge >= 0.3 is 0 Å². The van der Waals surface area contributed by atoms with Gasteiger partial charge < -0.3 is 15.1 Å². The Kier molecular flexibility index (Phi) is 4.62. The largest absolute Gasteiger partial charge is 0.459 e. The van der Waals surface area contributed by atoms with Gasteiger partial charge in [0.25, 0.3) is 0 Å². The van der Waals surface area contributed by atoms with Crippen LogP contribution in [0.3, 0.4) is 0 Å². The van der Waals surface area contributed by atoms with E-state index in [0.717, 1.165) is 33.4 Å². The summed E-state index contributed by atoms with van der Waals surface area (Å²) in [6.07, 6.45) is 0. The molecule has 3 aromatic rings. The van der Waals surface area contributed by atoms with Gasteiger partial charge in [-0.15, -0.1) is 11.3 Å². The number of guanidine groups is 1. The maximum absolute atomic E-state index is 5.79. The van der Waals surface area contributed by atoms with Gasteiger partial charge in [-0.05, 0) is 26.0 Å². The van der Waals surface area contributed by atoms with E-state index in [2.05, 4.69) is 27.5 Å². The van der Waals surface area contributed by atoms with Crippen LogP contribution in [-0.4, -0.2) is 18.0 Å². The van der Waals surface area contributed by atoms with Crippen LogP contribution in [-0.2, 0) is 13.1 Å². The van der Waals surface area contributed by atoms with Crippen LogP contribution in [0.1, 0.15) is 21.3 Å². The monoisotopic (exact) mass is 328 g/mol. The molecule has 0 fully saturated rings. The molecular weight excluding hydrogens is 308 g/mol. The summed E-state index contributed by atoms with van der Waals surface area (Å²) in [7, 11) is 1.76. The molecule has 0 spiro atoms. The number of benzene rings is 1. The average Bonchev–Trinajstić information content (AvgIpc) is 3.10. The fourth-order valence-electron chi connectivity index (χ4n) is 2.29. The lowest BCUT2D eigenvalue weighted by molar-refractivity contribution is 0.538. The van der Waals surface area contributed by atoms with Crippen molar-refractivity contribution in [3.63, 3.8) is 0 Å². The van der Waals surface area contributed by atoms with Crippen molar-refractivity contribution in [1.29, 1.82) is 0 Å². The van der Waals surface area contributed by atoms with Crippen molar-refractivity contribution in [1.82, 2.24) is 15.6 Å². The zero-order valence-electron chi connectivity index (χ0n) is 13.5. The van der Waals surface area contributed by atoms with Gasteiger partial charge in [0.1, 0.15) is 16.4 Å². The first-order chi connectivity index (χ1) is 11.2. The van der Waals surface area contributed by atoms with Crippen molar-refractivity contribution in [2.75, 3.05) is 7.05 Å². The quantitative estimate of drug-likeness (QED) is 0.569. The van der Waals surface area contributed by atoms with Gasteiger partial charge in [-0.1, -0.05) is 18.2 Å². The molecule has 1 aromatic carbocycles. The Morgan fingerprint density at radius 3 is 2.70 bits per heavy atom. The number of hydrogen-bond donors (Lipinski definition) is 2. The summed E-state index contributed by atoms with van der Waals surface area (Å²) < 4.78 is 5.79. The lowest BCUT2D eigenvalue weighted by atomic mass is 10.2. The Labute approximate surface area is 139 Å². The fourth-order valence-corrected chi connectivity index (χ4v) is 3.16. The van der Waals surface area contributed by atoms with Crippen molar-refractivity contribution in [3.05, 3.63) is 51.7 Å². The number of nitrogens with zero attached hydrogens (tertiary/aromatic N) is 2. The zero-order valence-corrected chi connectivity index (χ0v) is 14.3. The second-order valence-electron chi connectivity index (χ2n) is 5.28. The Morgan fingerprint density at radius 2 is 2.00 bits per heavy atom. The van der Waals surface area contributed by atoms with E-state index in [0.29, 0.717) is 13.1 Å². The van der Waals surface area contributed by atoms with Crippen molar-refractivity contribution < 1.29 is 4.42 Å². The van der Waals surface area contributed by atoms with E-state index in [4.69, 9.17) is 4.42 Å². The third kappa shape index (κ3) is 3.71. The molecule has 120 valence electrons. The Morgan fingerprint density at radius 1 is 1.22 bits per heavy atom. The fraction of sp³-hybridized carbons (Fsp3) is 0.294. The average molecular weight is 328 g/mol. The van der Waals surface area contributed by atoms with E-state index in [9.17, 15) is 0 Å². The molecule has 0 atom stereocenters. The van der Waals surface area contributed by atoms with Crippen LogP contribution >= 0.6 is 11.3 Å². The zero-order chi connectivity index (χ0) is 16.2. The van der Waals surface area contributed by atoms with E-state index in [1.165, 1.54) is 4.88 Å². The van der Waals surface area contributed by atoms with E-state index >= 15 is 0 Å². The highest BCUT2D eigenvalue weighted by Gasteiger charge is 2.06.